The first kappa shape index (κ1) is 12.6. The molecule has 84 valence electrons. The van der Waals surface area contributed by atoms with Crippen molar-refractivity contribution >= 4 is 19.6 Å². The molecular formula is C12H20O2P+. The van der Waals surface area contributed by atoms with Gasteiger partial charge >= 0.3 is 0 Å². The first-order valence-corrected chi connectivity index (χ1v) is 7.16. The maximum Gasteiger partial charge on any atom is 0.191 e. The monoisotopic (exact) mass is 227 g/mol. The number of rotatable bonds is 8. The van der Waals surface area contributed by atoms with Crippen LogP contribution in [0.25, 0.3) is 0 Å². The third-order valence-corrected chi connectivity index (χ3v) is 4.94. The maximum absolute atomic E-state index is 10.1. The van der Waals surface area contributed by atoms with E-state index in [1.54, 1.807) is 13.2 Å². The molecule has 0 aliphatic carbocycles. The Labute approximate surface area is 93.1 Å². The van der Waals surface area contributed by atoms with Gasteiger partial charge in [-0.05, 0) is 30.9 Å². The summed E-state index contributed by atoms with van der Waals surface area (Å²) in [5, 5.41) is 0. The van der Waals surface area contributed by atoms with Gasteiger partial charge in [0, 0.05) is 13.7 Å². The molecule has 0 N–H and O–H groups in total. The van der Waals surface area contributed by atoms with Crippen molar-refractivity contribution in [1.29, 1.82) is 0 Å². The van der Waals surface area contributed by atoms with Gasteiger partial charge in [-0.3, -0.25) is 4.79 Å². The fourth-order valence-corrected chi connectivity index (χ4v) is 3.74. The average Bonchev–Trinajstić information content (AvgIpc) is 2.99. The van der Waals surface area contributed by atoms with E-state index in [-0.39, 0.29) is 7.55 Å². The van der Waals surface area contributed by atoms with Crippen molar-refractivity contribution in [2.24, 2.45) is 5.92 Å². The molecule has 1 aliphatic heterocycles. The molecule has 0 saturated carbocycles. The Morgan fingerprint density at radius 2 is 2.33 bits per heavy atom. The van der Waals surface area contributed by atoms with Crippen LogP contribution in [-0.4, -0.2) is 37.6 Å². The predicted octanol–water partition coefficient (Wildman–Crippen LogP) is 2.47. The predicted molar refractivity (Wildman–Crippen MR) is 67.1 cm³/mol. The summed E-state index contributed by atoms with van der Waals surface area (Å²) in [6.45, 7) is 3.16. The number of carbonyl (C=O) groups excluding carboxylic acids is 1. The molecule has 0 aromatic rings. The van der Waals surface area contributed by atoms with Crippen LogP contribution >= 0.6 is 7.55 Å². The first-order valence-electron chi connectivity index (χ1n) is 5.49. The Balaban J connectivity index is 2.04. The second-order valence-corrected chi connectivity index (χ2v) is 6.44. The molecule has 0 bridgehead atoms. The molecule has 1 aliphatic rings. The molecule has 1 heterocycles. The highest BCUT2D eigenvalue weighted by Gasteiger charge is 2.36. The van der Waals surface area contributed by atoms with Gasteiger partial charge in [0.2, 0.25) is 0 Å². The fourth-order valence-electron chi connectivity index (χ4n) is 1.53. The van der Waals surface area contributed by atoms with Crippen LogP contribution in [0.1, 0.15) is 19.8 Å². The minimum atomic E-state index is 0.115. The molecule has 15 heavy (non-hydrogen) atoms. The summed E-state index contributed by atoms with van der Waals surface area (Å²) in [6, 6.07) is 0. The Morgan fingerprint density at radius 1 is 1.53 bits per heavy atom. The summed E-state index contributed by atoms with van der Waals surface area (Å²) in [7, 11) is 1.87. The summed E-state index contributed by atoms with van der Waals surface area (Å²) in [4.78, 5) is 10.1. The third kappa shape index (κ3) is 5.25. The second kappa shape index (κ2) is 6.92. The van der Waals surface area contributed by atoms with Gasteiger partial charge in [0.15, 0.2) is 5.66 Å². The van der Waals surface area contributed by atoms with E-state index in [4.69, 9.17) is 4.74 Å². The van der Waals surface area contributed by atoms with Crippen molar-refractivity contribution in [3.8, 4) is 0 Å². The summed E-state index contributed by atoms with van der Waals surface area (Å²) in [5.74, 6) is 3.13. The van der Waals surface area contributed by atoms with Crippen molar-refractivity contribution in [2.45, 2.75) is 25.4 Å². The molecule has 1 rings (SSSR count). The molecule has 0 fully saturated rings. The van der Waals surface area contributed by atoms with E-state index in [0.717, 1.165) is 25.2 Å². The topological polar surface area (TPSA) is 26.3 Å². The lowest BCUT2D eigenvalue weighted by atomic mass is 10.1. The fraction of sp³-hybridized carbons (Fsp3) is 0.667. The van der Waals surface area contributed by atoms with Crippen molar-refractivity contribution in [2.75, 3.05) is 19.9 Å². The minimum absolute atomic E-state index is 0.115. The lowest BCUT2D eigenvalue weighted by molar-refractivity contribution is -0.104. The van der Waals surface area contributed by atoms with Gasteiger partial charge in [0.25, 0.3) is 0 Å². The molecule has 0 aromatic heterocycles. The van der Waals surface area contributed by atoms with Crippen LogP contribution in [-0.2, 0) is 9.53 Å². The Morgan fingerprint density at radius 3 is 3.00 bits per heavy atom. The van der Waals surface area contributed by atoms with Gasteiger partial charge in [-0.15, -0.1) is 0 Å². The number of methoxy groups -OCH3 is 1. The highest BCUT2D eigenvalue weighted by molar-refractivity contribution is 7.69. The summed E-state index contributed by atoms with van der Waals surface area (Å²) >= 11 is 0. The largest absolute Gasteiger partial charge is 0.385 e. The van der Waals surface area contributed by atoms with Crippen LogP contribution in [0.2, 0.25) is 0 Å². The number of allylic oxidation sites excluding steroid dienone is 2. The molecule has 3 atom stereocenters. The van der Waals surface area contributed by atoms with Crippen LogP contribution in [0, 0.1) is 5.92 Å². The molecule has 0 saturated heterocycles. The van der Waals surface area contributed by atoms with E-state index >= 15 is 0 Å². The molecule has 2 nitrogen and oxygen atoms in total. The van der Waals surface area contributed by atoms with Crippen LogP contribution in [0.4, 0.5) is 0 Å². The van der Waals surface area contributed by atoms with Gasteiger partial charge in [-0.2, -0.15) is 0 Å². The van der Waals surface area contributed by atoms with E-state index in [2.05, 4.69) is 12.7 Å². The van der Waals surface area contributed by atoms with Gasteiger partial charge in [-0.25, -0.2) is 0 Å². The first-order chi connectivity index (χ1) is 7.27. The van der Waals surface area contributed by atoms with Crippen LogP contribution in [0.5, 0.6) is 0 Å². The lowest BCUT2D eigenvalue weighted by Gasteiger charge is -2.06. The second-order valence-electron chi connectivity index (χ2n) is 4.07. The van der Waals surface area contributed by atoms with Crippen molar-refractivity contribution in [3.63, 3.8) is 0 Å². The number of carbonyl (C=O) groups is 1. The van der Waals surface area contributed by atoms with E-state index in [1.807, 2.05) is 6.08 Å². The molecule has 0 amide bonds. The molecule has 3 heteroatoms. The van der Waals surface area contributed by atoms with Crippen LogP contribution in [0.15, 0.2) is 12.2 Å². The zero-order valence-corrected chi connectivity index (χ0v) is 10.5. The van der Waals surface area contributed by atoms with E-state index in [1.165, 1.54) is 12.6 Å². The number of hydrogen-bond acceptors (Lipinski definition) is 2. The Kier molecular flexibility index (Phi) is 5.82. The Hall–Kier alpha value is -0.460. The molecular weight excluding hydrogens is 207 g/mol. The van der Waals surface area contributed by atoms with Crippen LogP contribution in [0.3, 0.4) is 0 Å². The van der Waals surface area contributed by atoms with Gasteiger partial charge in [0.1, 0.15) is 25.8 Å². The highest BCUT2D eigenvalue weighted by Crippen LogP contribution is 2.44. The molecule has 0 spiro atoms. The highest BCUT2D eigenvalue weighted by atomic mass is 31.1. The molecule has 0 radical (unpaired) electrons. The van der Waals surface area contributed by atoms with E-state index in [0.29, 0.717) is 5.66 Å². The lowest BCUT2D eigenvalue weighted by Crippen LogP contribution is -2.00. The smallest absolute Gasteiger partial charge is 0.191 e. The third-order valence-electron chi connectivity index (χ3n) is 2.72. The van der Waals surface area contributed by atoms with Crippen LogP contribution < -0.4 is 0 Å². The summed E-state index contributed by atoms with van der Waals surface area (Å²) in [5.41, 5.74) is 0.625. The zero-order valence-electron chi connectivity index (χ0n) is 9.56. The maximum atomic E-state index is 10.1. The standard InChI is InChI=1S/C12H20O2P/c1-11(5-8-14-2)6-9-15-10-12(15)4-3-7-13/h3-4,7,10-12H,5-6,8-9H2,1-2H3/q+1/b4-3+. The van der Waals surface area contributed by atoms with Crippen molar-refractivity contribution in [1.82, 2.24) is 0 Å². The number of ether oxygens (including phenoxy) is 1. The molecule has 0 aromatic carbocycles. The summed E-state index contributed by atoms with van der Waals surface area (Å²) < 4.78 is 5.06. The van der Waals surface area contributed by atoms with Gasteiger partial charge in [-0.1, -0.05) is 6.92 Å². The van der Waals surface area contributed by atoms with Gasteiger partial charge < -0.3 is 4.74 Å². The SMILES string of the molecule is COCCC(C)CC[P+]1=CC1/C=C/C=O. The number of hydrogen-bond donors (Lipinski definition) is 0. The number of aldehydes is 1. The minimum Gasteiger partial charge on any atom is -0.385 e. The van der Waals surface area contributed by atoms with Crippen molar-refractivity contribution in [3.05, 3.63) is 12.2 Å². The van der Waals surface area contributed by atoms with Gasteiger partial charge in [0.05, 0.1) is 0 Å². The molecule has 3 unspecified atom stereocenters. The van der Waals surface area contributed by atoms with E-state index < -0.39 is 0 Å². The normalized spacial score (nSPS) is 23.9. The summed E-state index contributed by atoms with van der Waals surface area (Å²) in [6.07, 6.45) is 8.27. The average molecular weight is 227 g/mol. The zero-order chi connectivity index (χ0) is 11.1. The van der Waals surface area contributed by atoms with E-state index in [9.17, 15) is 4.79 Å². The Bertz CT molecular complexity index is 258. The quantitative estimate of drug-likeness (QED) is 0.362. The van der Waals surface area contributed by atoms with Crippen molar-refractivity contribution < 1.29 is 9.53 Å².